The Labute approximate surface area is 165 Å². The highest BCUT2D eigenvalue weighted by Crippen LogP contribution is 2.16. The van der Waals surface area contributed by atoms with Gasteiger partial charge in [-0.25, -0.2) is 0 Å². The van der Waals surface area contributed by atoms with Crippen molar-refractivity contribution in [2.45, 2.75) is 13.0 Å². The number of carbonyl (C=O) groups excluding carboxylic acids is 1. The lowest BCUT2D eigenvalue weighted by Crippen LogP contribution is -2.32. The summed E-state index contributed by atoms with van der Waals surface area (Å²) in [4.78, 5) is 18.9. The Morgan fingerprint density at radius 2 is 1.70 bits per heavy atom. The van der Waals surface area contributed by atoms with E-state index in [-0.39, 0.29) is 5.91 Å². The SMILES string of the molecule is O=C(c1cnn(-c2ccccc2)n1)N(CCc1cccs1)Cc1cccs1. The molecular formula is C20H18N4OS2. The van der Waals surface area contributed by atoms with Crippen molar-refractivity contribution in [2.24, 2.45) is 0 Å². The van der Waals surface area contributed by atoms with Crippen molar-refractivity contribution in [1.29, 1.82) is 0 Å². The molecule has 1 amide bonds. The summed E-state index contributed by atoms with van der Waals surface area (Å²) in [5, 5.41) is 12.7. The zero-order valence-electron chi connectivity index (χ0n) is 14.6. The molecule has 0 aliphatic rings. The van der Waals surface area contributed by atoms with Crippen molar-refractivity contribution in [3.8, 4) is 5.69 Å². The average Bonchev–Trinajstić information content (AvgIpc) is 3.48. The molecule has 3 aromatic heterocycles. The summed E-state index contributed by atoms with van der Waals surface area (Å²) in [5.74, 6) is -0.0952. The van der Waals surface area contributed by atoms with E-state index in [1.165, 1.54) is 9.67 Å². The minimum absolute atomic E-state index is 0.0952. The van der Waals surface area contributed by atoms with E-state index in [1.807, 2.05) is 52.7 Å². The van der Waals surface area contributed by atoms with Crippen LogP contribution in [0.15, 0.2) is 71.6 Å². The number of amides is 1. The summed E-state index contributed by atoms with van der Waals surface area (Å²) in [6.45, 7) is 1.23. The highest BCUT2D eigenvalue weighted by Gasteiger charge is 2.20. The predicted octanol–water partition coefficient (Wildman–Crippen LogP) is 4.28. The van der Waals surface area contributed by atoms with Gasteiger partial charge in [0.25, 0.3) is 5.91 Å². The first kappa shape index (κ1) is 17.6. The van der Waals surface area contributed by atoms with E-state index in [9.17, 15) is 4.79 Å². The molecule has 136 valence electrons. The van der Waals surface area contributed by atoms with Gasteiger partial charge in [-0.15, -0.1) is 27.8 Å². The second-order valence-electron chi connectivity index (χ2n) is 5.99. The second-order valence-corrected chi connectivity index (χ2v) is 8.05. The third-order valence-electron chi connectivity index (χ3n) is 4.12. The Hall–Kier alpha value is -2.77. The van der Waals surface area contributed by atoms with E-state index in [0.29, 0.717) is 18.8 Å². The average molecular weight is 395 g/mol. The van der Waals surface area contributed by atoms with Gasteiger partial charge >= 0.3 is 0 Å². The standard InChI is InChI=1S/C20H18N4OS2/c25-20(19-14-21-24(22-19)16-6-2-1-3-7-16)23(15-18-9-5-13-27-18)11-10-17-8-4-12-26-17/h1-9,12-14H,10-11,15H2. The van der Waals surface area contributed by atoms with Crippen molar-refractivity contribution in [2.75, 3.05) is 6.54 Å². The number of aromatic nitrogens is 3. The van der Waals surface area contributed by atoms with Gasteiger partial charge in [-0.3, -0.25) is 4.79 Å². The number of para-hydroxylation sites is 1. The number of rotatable bonds is 7. The summed E-state index contributed by atoms with van der Waals surface area (Å²) < 4.78 is 0. The molecule has 0 radical (unpaired) electrons. The summed E-state index contributed by atoms with van der Waals surface area (Å²) in [6, 6.07) is 17.8. The van der Waals surface area contributed by atoms with Gasteiger partial charge in [0, 0.05) is 16.3 Å². The fourth-order valence-corrected chi connectivity index (χ4v) is 4.17. The summed E-state index contributed by atoms with van der Waals surface area (Å²) in [7, 11) is 0. The van der Waals surface area contributed by atoms with Crippen LogP contribution in [0.2, 0.25) is 0 Å². The molecule has 0 saturated carbocycles. The van der Waals surface area contributed by atoms with Crippen LogP contribution in [0.1, 0.15) is 20.2 Å². The maximum absolute atomic E-state index is 13.1. The second kappa shape index (κ2) is 8.28. The Bertz CT molecular complexity index is 978. The van der Waals surface area contributed by atoms with E-state index in [1.54, 1.807) is 28.9 Å². The van der Waals surface area contributed by atoms with Crippen LogP contribution in [0.25, 0.3) is 5.69 Å². The topological polar surface area (TPSA) is 51.0 Å². The number of nitrogens with zero attached hydrogens (tertiary/aromatic N) is 4. The van der Waals surface area contributed by atoms with Gasteiger partial charge in [0.2, 0.25) is 0 Å². The Balaban J connectivity index is 1.53. The largest absolute Gasteiger partial charge is 0.332 e. The lowest BCUT2D eigenvalue weighted by molar-refractivity contribution is 0.0740. The molecule has 4 aromatic rings. The van der Waals surface area contributed by atoms with Crippen LogP contribution in [0, 0.1) is 0 Å². The zero-order valence-corrected chi connectivity index (χ0v) is 16.2. The molecule has 5 nitrogen and oxygen atoms in total. The van der Waals surface area contributed by atoms with Crippen molar-refractivity contribution < 1.29 is 4.79 Å². The van der Waals surface area contributed by atoms with E-state index in [4.69, 9.17) is 0 Å². The third kappa shape index (κ3) is 4.32. The van der Waals surface area contributed by atoms with Gasteiger partial charge in [0.15, 0.2) is 5.69 Å². The minimum Gasteiger partial charge on any atom is -0.332 e. The number of hydrogen-bond acceptors (Lipinski definition) is 5. The van der Waals surface area contributed by atoms with Crippen molar-refractivity contribution in [3.05, 3.63) is 87.0 Å². The molecule has 4 rings (SSSR count). The molecule has 3 heterocycles. The molecule has 27 heavy (non-hydrogen) atoms. The summed E-state index contributed by atoms with van der Waals surface area (Å²) in [6.07, 6.45) is 2.38. The monoisotopic (exact) mass is 394 g/mol. The number of thiophene rings is 2. The molecule has 0 unspecified atom stereocenters. The van der Waals surface area contributed by atoms with E-state index >= 15 is 0 Å². The van der Waals surface area contributed by atoms with Crippen LogP contribution in [0.5, 0.6) is 0 Å². The van der Waals surface area contributed by atoms with Gasteiger partial charge in [-0.2, -0.15) is 9.90 Å². The molecule has 0 fully saturated rings. The molecule has 0 aliphatic heterocycles. The Morgan fingerprint density at radius 1 is 0.963 bits per heavy atom. The molecule has 1 aromatic carbocycles. The first-order valence-electron chi connectivity index (χ1n) is 8.61. The molecule has 7 heteroatoms. The maximum Gasteiger partial charge on any atom is 0.276 e. The molecule has 0 saturated heterocycles. The van der Waals surface area contributed by atoms with E-state index in [0.717, 1.165) is 17.0 Å². The van der Waals surface area contributed by atoms with Crippen molar-refractivity contribution in [3.63, 3.8) is 0 Å². The normalized spacial score (nSPS) is 10.8. The Morgan fingerprint density at radius 3 is 2.41 bits per heavy atom. The van der Waals surface area contributed by atoms with Crippen molar-refractivity contribution in [1.82, 2.24) is 19.9 Å². The van der Waals surface area contributed by atoms with Gasteiger partial charge in [0.1, 0.15) is 0 Å². The first-order valence-corrected chi connectivity index (χ1v) is 10.4. The van der Waals surface area contributed by atoms with E-state index in [2.05, 4.69) is 27.7 Å². The quantitative estimate of drug-likeness (QED) is 0.470. The Kier molecular flexibility index (Phi) is 5.41. The lowest BCUT2D eigenvalue weighted by atomic mass is 10.3. The maximum atomic E-state index is 13.1. The minimum atomic E-state index is -0.0952. The number of benzene rings is 1. The van der Waals surface area contributed by atoms with E-state index < -0.39 is 0 Å². The van der Waals surface area contributed by atoms with Gasteiger partial charge in [-0.05, 0) is 41.4 Å². The van der Waals surface area contributed by atoms with Crippen LogP contribution in [0.3, 0.4) is 0 Å². The highest BCUT2D eigenvalue weighted by atomic mass is 32.1. The molecular weight excluding hydrogens is 376 g/mol. The fraction of sp³-hybridized carbons (Fsp3) is 0.150. The summed E-state index contributed by atoms with van der Waals surface area (Å²) >= 11 is 3.37. The molecule has 0 atom stereocenters. The van der Waals surface area contributed by atoms with Gasteiger partial charge in [-0.1, -0.05) is 30.3 Å². The molecule has 0 aliphatic carbocycles. The number of carbonyl (C=O) groups is 1. The number of hydrogen-bond donors (Lipinski definition) is 0. The smallest absolute Gasteiger partial charge is 0.276 e. The van der Waals surface area contributed by atoms with Crippen molar-refractivity contribution >= 4 is 28.6 Å². The van der Waals surface area contributed by atoms with Crippen LogP contribution in [0.4, 0.5) is 0 Å². The first-order chi connectivity index (χ1) is 13.3. The van der Waals surface area contributed by atoms with Crippen LogP contribution >= 0.6 is 22.7 Å². The molecule has 0 N–H and O–H groups in total. The predicted molar refractivity (Wildman–Crippen MR) is 108 cm³/mol. The third-order valence-corrected chi connectivity index (χ3v) is 5.92. The van der Waals surface area contributed by atoms with Gasteiger partial charge < -0.3 is 4.90 Å². The van der Waals surface area contributed by atoms with Gasteiger partial charge in [0.05, 0.1) is 18.4 Å². The summed E-state index contributed by atoms with van der Waals surface area (Å²) in [5.41, 5.74) is 1.20. The lowest BCUT2D eigenvalue weighted by Gasteiger charge is -2.20. The molecule has 0 bridgehead atoms. The van der Waals surface area contributed by atoms with Crippen LogP contribution in [-0.4, -0.2) is 32.3 Å². The fourth-order valence-electron chi connectivity index (χ4n) is 2.75. The molecule has 0 spiro atoms. The zero-order chi connectivity index (χ0) is 18.5. The van der Waals surface area contributed by atoms with Crippen LogP contribution < -0.4 is 0 Å². The highest BCUT2D eigenvalue weighted by molar-refractivity contribution is 7.10. The van der Waals surface area contributed by atoms with Crippen LogP contribution in [-0.2, 0) is 13.0 Å².